The Labute approximate surface area is 99.2 Å². The number of nitrogens with zero attached hydrogens (tertiary/aromatic N) is 1. The Morgan fingerprint density at radius 1 is 1.41 bits per heavy atom. The van der Waals surface area contributed by atoms with E-state index in [2.05, 4.69) is 0 Å². The zero-order chi connectivity index (χ0) is 12.4. The van der Waals surface area contributed by atoms with Gasteiger partial charge < -0.3 is 4.90 Å². The van der Waals surface area contributed by atoms with Crippen LogP contribution in [0.5, 0.6) is 0 Å². The zero-order valence-corrected chi connectivity index (χ0v) is 9.70. The van der Waals surface area contributed by atoms with Crippen LogP contribution < -0.4 is 0 Å². The lowest BCUT2D eigenvalue weighted by molar-refractivity contribution is -0.121. The molecule has 0 N–H and O–H groups in total. The Morgan fingerprint density at radius 2 is 2.18 bits per heavy atom. The summed E-state index contributed by atoms with van der Waals surface area (Å²) in [7, 11) is 0. The Bertz CT molecular complexity index is 470. The Morgan fingerprint density at radius 3 is 2.82 bits per heavy atom. The molecule has 4 heteroatoms. The van der Waals surface area contributed by atoms with E-state index in [4.69, 9.17) is 0 Å². The molecule has 1 amide bonds. The maximum atomic E-state index is 13.6. The number of benzene rings is 1. The molecule has 0 aromatic heterocycles. The van der Waals surface area contributed by atoms with Gasteiger partial charge in [-0.25, -0.2) is 4.39 Å². The SMILES string of the molecule is Cc1ccc(C(=O)N2CCCC(=O)C2)c(F)c1. The fourth-order valence-corrected chi connectivity index (χ4v) is 1.98. The van der Waals surface area contributed by atoms with Crippen LogP contribution in [0.4, 0.5) is 4.39 Å². The van der Waals surface area contributed by atoms with E-state index in [1.54, 1.807) is 13.0 Å². The lowest BCUT2D eigenvalue weighted by Crippen LogP contribution is -2.40. The second kappa shape index (κ2) is 4.65. The van der Waals surface area contributed by atoms with Crippen LogP contribution in [0, 0.1) is 12.7 Å². The number of piperidine rings is 1. The van der Waals surface area contributed by atoms with E-state index in [1.807, 2.05) is 0 Å². The van der Waals surface area contributed by atoms with Crippen molar-refractivity contribution in [3.63, 3.8) is 0 Å². The van der Waals surface area contributed by atoms with Crippen molar-refractivity contribution in [1.82, 2.24) is 4.90 Å². The van der Waals surface area contributed by atoms with Crippen LogP contribution in [0.15, 0.2) is 18.2 Å². The number of carbonyl (C=O) groups is 2. The molecular formula is C13H14FNO2. The number of hydrogen-bond acceptors (Lipinski definition) is 2. The predicted molar refractivity (Wildman–Crippen MR) is 61.3 cm³/mol. The minimum Gasteiger partial charge on any atom is -0.331 e. The van der Waals surface area contributed by atoms with Gasteiger partial charge in [0, 0.05) is 13.0 Å². The first-order valence-electron chi connectivity index (χ1n) is 5.65. The molecular weight excluding hydrogens is 221 g/mol. The highest BCUT2D eigenvalue weighted by Gasteiger charge is 2.24. The summed E-state index contributed by atoms with van der Waals surface area (Å²) in [6.07, 6.45) is 1.18. The number of hydrogen-bond donors (Lipinski definition) is 0. The molecule has 1 aromatic carbocycles. The van der Waals surface area contributed by atoms with Crippen molar-refractivity contribution in [2.24, 2.45) is 0 Å². The van der Waals surface area contributed by atoms with Crippen LogP contribution in [-0.4, -0.2) is 29.7 Å². The highest BCUT2D eigenvalue weighted by Crippen LogP contribution is 2.15. The average molecular weight is 235 g/mol. The van der Waals surface area contributed by atoms with Crippen LogP contribution in [0.1, 0.15) is 28.8 Å². The number of likely N-dealkylation sites (tertiary alicyclic amines) is 1. The molecule has 1 fully saturated rings. The largest absolute Gasteiger partial charge is 0.331 e. The molecule has 0 radical (unpaired) electrons. The second-order valence-electron chi connectivity index (χ2n) is 4.35. The van der Waals surface area contributed by atoms with Gasteiger partial charge in [-0.1, -0.05) is 6.07 Å². The third-order valence-electron chi connectivity index (χ3n) is 2.89. The molecule has 3 nitrogen and oxygen atoms in total. The van der Waals surface area contributed by atoms with E-state index >= 15 is 0 Å². The summed E-state index contributed by atoms with van der Waals surface area (Å²) in [6.45, 7) is 2.39. The first-order chi connectivity index (χ1) is 8.08. The number of ketones is 1. The summed E-state index contributed by atoms with van der Waals surface area (Å²) >= 11 is 0. The Kier molecular flexibility index (Phi) is 3.22. The lowest BCUT2D eigenvalue weighted by Gasteiger charge is -2.26. The van der Waals surface area contributed by atoms with Crippen LogP contribution in [0.2, 0.25) is 0 Å². The monoisotopic (exact) mass is 235 g/mol. The van der Waals surface area contributed by atoms with Crippen molar-refractivity contribution < 1.29 is 14.0 Å². The quantitative estimate of drug-likeness (QED) is 0.746. The Hall–Kier alpha value is -1.71. The van der Waals surface area contributed by atoms with Crippen LogP contribution in [0.25, 0.3) is 0 Å². The van der Waals surface area contributed by atoms with E-state index in [9.17, 15) is 14.0 Å². The molecule has 90 valence electrons. The molecule has 0 aliphatic carbocycles. The van der Waals surface area contributed by atoms with E-state index in [0.29, 0.717) is 19.4 Å². The number of amides is 1. The van der Waals surface area contributed by atoms with Crippen LogP contribution >= 0.6 is 0 Å². The fourth-order valence-electron chi connectivity index (χ4n) is 1.98. The number of rotatable bonds is 1. The number of Topliss-reactive ketones (excluding diaryl/α,β-unsaturated/α-hetero) is 1. The second-order valence-corrected chi connectivity index (χ2v) is 4.35. The van der Waals surface area contributed by atoms with E-state index in [1.165, 1.54) is 17.0 Å². The minimum atomic E-state index is -0.520. The molecule has 17 heavy (non-hydrogen) atoms. The van der Waals surface area contributed by atoms with E-state index in [0.717, 1.165) is 5.56 Å². The highest BCUT2D eigenvalue weighted by molar-refractivity contribution is 5.97. The van der Waals surface area contributed by atoms with Gasteiger partial charge in [-0.3, -0.25) is 9.59 Å². The van der Waals surface area contributed by atoms with Gasteiger partial charge in [-0.15, -0.1) is 0 Å². The number of aryl methyl sites for hydroxylation is 1. The molecule has 0 spiro atoms. The fraction of sp³-hybridized carbons (Fsp3) is 0.385. The molecule has 1 aromatic rings. The van der Waals surface area contributed by atoms with Gasteiger partial charge in [0.05, 0.1) is 12.1 Å². The van der Waals surface area contributed by atoms with Crippen molar-refractivity contribution >= 4 is 11.7 Å². The highest BCUT2D eigenvalue weighted by atomic mass is 19.1. The van der Waals surface area contributed by atoms with E-state index < -0.39 is 11.7 Å². The first-order valence-corrected chi connectivity index (χ1v) is 5.65. The van der Waals surface area contributed by atoms with Crippen LogP contribution in [-0.2, 0) is 4.79 Å². The maximum Gasteiger partial charge on any atom is 0.257 e. The molecule has 1 aliphatic heterocycles. The van der Waals surface area contributed by atoms with Crippen molar-refractivity contribution in [2.75, 3.05) is 13.1 Å². The third-order valence-corrected chi connectivity index (χ3v) is 2.89. The molecule has 0 atom stereocenters. The summed E-state index contributed by atoms with van der Waals surface area (Å²) in [4.78, 5) is 24.7. The maximum absolute atomic E-state index is 13.6. The van der Waals surface area contributed by atoms with E-state index in [-0.39, 0.29) is 17.9 Å². The standard InChI is InChI=1S/C13H14FNO2/c1-9-4-5-11(12(14)7-9)13(17)15-6-2-3-10(16)8-15/h4-5,7H,2-3,6,8H2,1H3. The first kappa shape index (κ1) is 11.8. The predicted octanol–water partition coefficient (Wildman–Crippen LogP) is 1.94. The molecule has 1 heterocycles. The summed E-state index contributed by atoms with van der Waals surface area (Å²) in [5.41, 5.74) is 0.819. The van der Waals surface area contributed by atoms with Crippen molar-refractivity contribution in [3.05, 3.63) is 35.1 Å². The topological polar surface area (TPSA) is 37.4 Å². The van der Waals surface area contributed by atoms with Gasteiger partial charge in [-0.05, 0) is 31.0 Å². The summed E-state index contributed by atoms with van der Waals surface area (Å²) in [6, 6.07) is 4.51. The number of halogens is 1. The summed E-state index contributed by atoms with van der Waals surface area (Å²) in [5.74, 6) is -0.874. The van der Waals surface area contributed by atoms with Gasteiger partial charge in [0.1, 0.15) is 5.82 Å². The van der Waals surface area contributed by atoms with Gasteiger partial charge in [0.25, 0.3) is 5.91 Å². The smallest absolute Gasteiger partial charge is 0.257 e. The van der Waals surface area contributed by atoms with Crippen molar-refractivity contribution in [1.29, 1.82) is 0 Å². The zero-order valence-electron chi connectivity index (χ0n) is 9.70. The third kappa shape index (κ3) is 2.52. The molecule has 1 saturated heterocycles. The Balaban J connectivity index is 2.21. The summed E-state index contributed by atoms with van der Waals surface area (Å²) in [5, 5.41) is 0. The van der Waals surface area contributed by atoms with Crippen molar-refractivity contribution in [2.45, 2.75) is 19.8 Å². The van der Waals surface area contributed by atoms with Gasteiger partial charge in [0.2, 0.25) is 0 Å². The molecule has 0 saturated carbocycles. The molecule has 2 rings (SSSR count). The van der Waals surface area contributed by atoms with Gasteiger partial charge in [0.15, 0.2) is 5.78 Å². The van der Waals surface area contributed by atoms with Crippen LogP contribution in [0.3, 0.4) is 0 Å². The lowest BCUT2D eigenvalue weighted by atomic mass is 10.1. The molecule has 1 aliphatic rings. The summed E-state index contributed by atoms with van der Waals surface area (Å²) < 4.78 is 13.6. The minimum absolute atomic E-state index is 0.0390. The van der Waals surface area contributed by atoms with Gasteiger partial charge >= 0.3 is 0 Å². The average Bonchev–Trinajstić information content (AvgIpc) is 2.28. The van der Waals surface area contributed by atoms with Gasteiger partial charge in [-0.2, -0.15) is 0 Å². The molecule has 0 bridgehead atoms. The van der Waals surface area contributed by atoms with Crippen molar-refractivity contribution in [3.8, 4) is 0 Å². The molecule has 0 unspecified atom stereocenters. The number of carbonyl (C=O) groups excluding carboxylic acids is 2. The normalized spacial score (nSPS) is 16.1.